The monoisotopic (exact) mass is 679 g/mol. The summed E-state index contributed by atoms with van der Waals surface area (Å²) in [6, 6.07) is 10.3. The van der Waals surface area contributed by atoms with Crippen molar-refractivity contribution in [3.05, 3.63) is 59.2 Å². The lowest BCUT2D eigenvalue weighted by molar-refractivity contribution is -0.132. The molecular formula is C31H46N5O10P. The maximum absolute atomic E-state index is 13.3. The molecule has 7 N–H and O–H groups in total. The SMILES string of the molecule is CNCC(=O)NC(Cc1ccccc1)C(=O)NC(CC(C)C)C(=O)NCC(=O)NCCOP(=O)(O)Oc1c(CO)cc(C)cc1OC. The van der Waals surface area contributed by atoms with Gasteiger partial charge in [0, 0.05) is 18.5 Å². The molecule has 0 aromatic heterocycles. The molecule has 0 spiro atoms. The van der Waals surface area contributed by atoms with Crippen LogP contribution in [0.15, 0.2) is 42.5 Å². The molecule has 15 nitrogen and oxygen atoms in total. The van der Waals surface area contributed by atoms with Crippen LogP contribution in [-0.2, 0) is 41.3 Å². The Bertz CT molecular complexity index is 1370. The first-order chi connectivity index (χ1) is 22.3. The van der Waals surface area contributed by atoms with Crippen LogP contribution in [-0.4, -0.2) is 86.1 Å². The lowest BCUT2D eigenvalue weighted by Crippen LogP contribution is -2.56. The van der Waals surface area contributed by atoms with Gasteiger partial charge in [0.1, 0.15) is 12.1 Å². The van der Waals surface area contributed by atoms with Crippen molar-refractivity contribution in [1.82, 2.24) is 26.6 Å². The van der Waals surface area contributed by atoms with Crippen molar-refractivity contribution in [2.24, 2.45) is 5.92 Å². The van der Waals surface area contributed by atoms with E-state index in [4.69, 9.17) is 13.8 Å². The number of aliphatic hydroxyl groups is 1. The van der Waals surface area contributed by atoms with Gasteiger partial charge in [0.15, 0.2) is 11.5 Å². The van der Waals surface area contributed by atoms with Crippen LogP contribution < -0.4 is 35.8 Å². The Morgan fingerprint density at radius 2 is 1.64 bits per heavy atom. The third kappa shape index (κ3) is 14.1. The first-order valence-corrected chi connectivity index (χ1v) is 16.6. The van der Waals surface area contributed by atoms with Crippen molar-refractivity contribution < 1.29 is 47.5 Å². The highest BCUT2D eigenvalue weighted by molar-refractivity contribution is 7.47. The summed E-state index contributed by atoms with van der Waals surface area (Å²) in [6.45, 7) is 3.98. The average Bonchev–Trinajstić information content (AvgIpc) is 3.02. The highest BCUT2D eigenvalue weighted by Gasteiger charge is 2.29. The van der Waals surface area contributed by atoms with Gasteiger partial charge in [-0.1, -0.05) is 44.2 Å². The number of aryl methyl sites for hydroxylation is 1. The number of hydrogen-bond donors (Lipinski definition) is 7. The fraction of sp³-hybridized carbons (Fsp3) is 0.484. The van der Waals surface area contributed by atoms with E-state index in [2.05, 4.69) is 26.6 Å². The third-order valence-electron chi connectivity index (χ3n) is 6.59. The van der Waals surface area contributed by atoms with Gasteiger partial charge in [-0.05, 0) is 49.6 Å². The highest BCUT2D eigenvalue weighted by Crippen LogP contribution is 2.48. The first kappa shape index (κ1) is 39.2. The molecule has 0 fully saturated rings. The Morgan fingerprint density at radius 3 is 2.26 bits per heavy atom. The zero-order valence-corrected chi connectivity index (χ0v) is 28.2. The Labute approximate surface area is 274 Å². The van der Waals surface area contributed by atoms with Crippen LogP contribution in [0.1, 0.15) is 37.0 Å². The van der Waals surface area contributed by atoms with Gasteiger partial charge >= 0.3 is 7.82 Å². The minimum absolute atomic E-state index is 0.00362. The molecule has 47 heavy (non-hydrogen) atoms. The zero-order chi connectivity index (χ0) is 35.0. The fourth-order valence-electron chi connectivity index (χ4n) is 4.47. The molecule has 260 valence electrons. The van der Waals surface area contributed by atoms with Gasteiger partial charge < -0.3 is 41.0 Å². The minimum Gasteiger partial charge on any atom is -0.493 e. The summed E-state index contributed by atoms with van der Waals surface area (Å²) in [5.74, 6) is -2.16. The lowest BCUT2D eigenvalue weighted by Gasteiger charge is -2.24. The van der Waals surface area contributed by atoms with Crippen LogP contribution >= 0.6 is 7.82 Å². The van der Waals surface area contributed by atoms with Crippen molar-refractivity contribution >= 4 is 31.5 Å². The third-order valence-corrected chi connectivity index (χ3v) is 7.51. The highest BCUT2D eigenvalue weighted by atomic mass is 31.2. The molecule has 3 atom stereocenters. The van der Waals surface area contributed by atoms with E-state index in [0.717, 1.165) is 11.1 Å². The van der Waals surface area contributed by atoms with Crippen molar-refractivity contribution in [2.45, 2.75) is 52.3 Å². The predicted octanol–water partition coefficient (Wildman–Crippen LogP) is 0.702. The zero-order valence-electron chi connectivity index (χ0n) is 27.3. The van der Waals surface area contributed by atoms with E-state index >= 15 is 0 Å². The number of amides is 4. The smallest absolute Gasteiger partial charge is 0.493 e. The summed E-state index contributed by atoms with van der Waals surface area (Å²) in [5, 5.41) is 22.7. The fourth-order valence-corrected chi connectivity index (χ4v) is 5.28. The number of ether oxygens (including phenoxy) is 1. The van der Waals surface area contributed by atoms with E-state index in [-0.39, 0.29) is 54.8 Å². The second-order valence-corrected chi connectivity index (χ2v) is 12.5. The van der Waals surface area contributed by atoms with Gasteiger partial charge in [-0.3, -0.25) is 28.6 Å². The van der Waals surface area contributed by atoms with Crippen LogP contribution in [0.5, 0.6) is 11.5 Å². The van der Waals surface area contributed by atoms with Gasteiger partial charge in [-0.25, -0.2) is 4.57 Å². The molecule has 4 amide bonds. The summed E-state index contributed by atoms with van der Waals surface area (Å²) in [5.41, 5.74) is 1.78. The molecule has 2 aromatic carbocycles. The average molecular weight is 680 g/mol. The standard InChI is InChI=1S/C31H46N5O10P/c1-20(2)13-24(36-31(41)25(35-28(39)17-32-4)16-22-9-7-6-8-10-22)30(40)34-18-27(38)33-11-12-45-47(42,43)46-29-23(19-37)14-21(3)15-26(29)44-5/h6-10,14-15,20,24-25,32,37H,11-13,16-19H2,1-5H3,(H,33,38)(H,34,40)(H,35,39)(H,36,41)(H,42,43). The van der Waals surface area contributed by atoms with Gasteiger partial charge in [-0.15, -0.1) is 0 Å². The summed E-state index contributed by atoms with van der Waals surface area (Å²) in [6.07, 6.45) is 0.473. The number of likely N-dealkylation sites (N-methyl/N-ethyl adjacent to an activating group) is 1. The van der Waals surface area contributed by atoms with Gasteiger partial charge in [-0.2, -0.15) is 0 Å². The molecule has 0 radical (unpaired) electrons. The number of phosphoric acid groups is 1. The Kier molecular flexibility index (Phi) is 16.3. The molecule has 0 bridgehead atoms. The summed E-state index contributed by atoms with van der Waals surface area (Å²) < 4.78 is 27.8. The van der Waals surface area contributed by atoms with Crippen molar-refractivity contribution in [3.63, 3.8) is 0 Å². The number of carbonyl (C=O) groups is 4. The Balaban J connectivity index is 1.92. The molecule has 0 saturated carbocycles. The number of benzene rings is 2. The minimum atomic E-state index is -4.67. The van der Waals surface area contributed by atoms with E-state index in [0.29, 0.717) is 0 Å². The molecule has 16 heteroatoms. The van der Waals surface area contributed by atoms with E-state index in [1.165, 1.54) is 7.11 Å². The van der Waals surface area contributed by atoms with Crippen LogP contribution in [0, 0.1) is 12.8 Å². The number of aliphatic hydroxyl groups excluding tert-OH is 1. The van der Waals surface area contributed by atoms with Crippen LogP contribution in [0.4, 0.5) is 0 Å². The van der Waals surface area contributed by atoms with Crippen molar-refractivity contribution in [3.8, 4) is 11.5 Å². The molecule has 0 saturated heterocycles. The van der Waals surface area contributed by atoms with E-state index in [9.17, 15) is 33.7 Å². The maximum atomic E-state index is 13.3. The molecule has 2 aromatic rings. The summed E-state index contributed by atoms with van der Waals surface area (Å²) in [7, 11) is -1.72. The number of phosphoric ester groups is 1. The van der Waals surface area contributed by atoms with E-state index < -0.39 is 57.4 Å². The van der Waals surface area contributed by atoms with Gasteiger partial charge in [0.25, 0.3) is 0 Å². The number of hydrogen-bond acceptors (Lipinski definition) is 10. The lowest BCUT2D eigenvalue weighted by atomic mass is 10.0. The topological polar surface area (TPSA) is 214 Å². The largest absolute Gasteiger partial charge is 0.527 e. The van der Waals surface area contributed by atoms with Crippen molar-refractivity contribution in [2.75, 3.05) is 40.4 Å². The number of methoxy groups -OCH3 is 1. The van der Waals surface area contributed by atoms with Gasteiger partial charge in [0.05, 0.1) is 33.4 Å². The van der Waals surface area contributed by atoms with Crippen molar-refractivity contribution in [1.29, 1.82) is 0 Å². The molecule has 0 heterocycles. The van der Waals surface area contributed by atoms with Gasteiger partial charge in [0.2, 0.25) is 23.6 Å². The molecule has 3 unspecified atom stereocenters. The number of nitrogens with one attached hydrogen (secondary N) is 5. The summed E-state index contributed by atoms with van der Waals surface area (Å²) in [4.78, 5) is 61.2. The maximum Gasteiger partial charge on any atom is 0.527 e. The molecular weight excluding hydrogens is 633 g/mol. The number of carbonyl (C=O) groups excluding carboxylic acids is 4. The first-order valence-electron chi connectivity index (χ1n) is 15.1. The molecule has 0 aliphatic carbocycles. The second-order valence-electron chi connectivity index (χ2n) is 11.1. The van der Waals surface area contributed by atoms with E-state index in [1.54, 1.807) is 26.1 Å². The van der Waals surface area contributed by atoms with Crippen LogP contribution in [0.3, 0.4) is 0 Å². The quantitative estimate of drug-likeness (QED) is 0.0764. The van der Waals surface area contributed by atoms with Crippen LogP contribution in [0.25, 0.3) is 0 Å². The van der Waals surface area contributed by atoms with Crippen LogP contribution in [0.2, 0.25) is 0 Å². The Morgan fingerprint density at radius 1 is 0.936 bits per heavy atom. The predicted molar refractivity (Wildman–Crippen MR) is 173 cm³/mol. The number of rotatable bonds is 20. The molecule has 2 rings (SSSR count). The molecule has 0 aliphatic heterocycles. The molecule has 0 aliphatic rings. The summed E-state index contributed by atoms with van der Waals surface area (Å²) >= 11 is 0. The normalized spacial score (nSPS) is 13.5. The second kappa shape index (κ2) is 19.6. The van der Waals surface area contributed by atoms with E-state index in [1.807, 2.05) is 44.2 Å². The Hall–Kier alpha value is -4.01.